The maximum atomic E-state index is 13.5. The molecule has 1 saturated carbocycles. The van der Waals surface area contributed by atoms with Gasteiger partial charge in [0.2, 0.25) is 5.91 Å². The third-order valence-corrected chi connectivity index (χ3v) is 8.69. The topological polar surface area (TPSA) is 279 Å². The summed E-state index contributed by atoms with van der Waals surface area (Å²) in [5.41, 5.74) is 3.27. The lowest BCUT2D eigenvalue weighted by Crippen LogP contribution is -2.68. The molecule has 58 heavy (non-hydrogen) atoms. The fourth-order valence-electron chi connectivity index (χ4n) is 5.89. The van der Waals surface area contributed by atoms with E-state index in [1.807, 2.05) is 0 Å². The van der Waals surface area contributed by atoms with Crippen molar-refractivity contribution >= 4 is 24.2 Å². The van der Waals surface area contributed by atoms with Crippen LogP contribution in [0, 0.1) is 0 Å². The smallest absolute Gasteiger partial charge is 0.410 e. The second kappa shape index (κ2) is 22.2. The van der Waals surface area contributed by atoms with Crippen molar-refractivity contribution in [1.82, 2.24) is 20.9 Å². The van der Waals surface area contributed by atoms with E-state index in [1.165, 1.54) is 14.0 Å². The van der Waals surface area contributed by atoms with Gasteiger partial charge in [-0.1, -0.05) is 0 Å². The van der Waals surface area contributed by atoms with E-state index in [-0.39, 0.29) is 32.5 Å². The van der Waals surface area contributed by atoms with E-state index < -0.39 is 109 Å². The molecule has 0 saturated heterocycles. The molecule has 0 radical (unpaired) electrons. The second-order valence-corrected chi connectivity index (χ2v) is 17.3. The first-order valence-electron chi connectivity index (χ1n) is 19.6. The maximum absolute atomic E-state index is 13.5. The van der Waals surface area contributed by atoms with Crippen LogP contribution in [0.3, 0.4) is 0 Å². The van der Waals surface area contributed by atoms with Gasteiger partial charge in [-0.25, -0.2) is 14.4 Å². The van der Waals surface area contributed by atoms with E-state index in [9.17, 15) is 39.6 Å². The summed E-state index contributed by atoms with van der Waals surface area (Å²) in [5.74, 6) is -0.470. The van der Waals surface area contributed by atoms with Crippen molar-refractivity contribution in [3.05, 3.63) is 11.8 Å². The zero-order valence-corrected chi connectivity index (χ0v) is 35.8. The molecule has 0 bridgehead atoms. The van der Waals surface area contributed by atoms with E-state index in [2.05, 4.69) is 16.0 Å². The van der Waals surface area contributed by atoms with Gasteiger partial charge in [0.25, 0.3) is 0 Å². The molecule has 0 aromatic carbocycles. The molecule has 0 aromatic rings. The highest BCUT2D eigenvalue weighted by atomic mass is 16.7. The molecule has 0 aromatic heterocycles. The van der Waals surface area contributed by atoms with Crippen LogP contribution in [-0.2, 0) is 38.0 Å². The Balaban J connectivity index is 2.52. The molecule has 336 valence electrons. The molecule has 9 N–H and O–H groups in total. The number of allylic oxidation sites excluding steroid dienone is 1. The number of carbonyl (C=O) groups is 4. The zero-order chi connectivity index (χ0) is 44.2. The lowest BCUT2D eigenvalue weighted by molar-refractivity contribution is -0.274. The van der Waals surface area contributed by atoms with Gasteiger partial charge in [-0.3, -0.25) is 4.79 Å². The Hall–Kier alpha value is -3.50. The predicted molar refractivity (Wildman–Crippen MR) is 208 cm³/mol. The molecular weight excluding hydrogens is 766 g/mol. The Kier molecular flexibility index (Phi) is 19.4. The van der Waals surface area contributed by atoms with Crippen LogP contribution in [-0.4, -0.2) is 161 Å². The van der Waals surface area contributed by atoms with E-state index in [4.69, 9.17) is 38.9 Å². The third kappa shape index (κ3) is 17.4. The van der Waals surface area contributed by atoms with Gasteiger partial charge in [0.15, 0.2) is 12.6 Å². The number of hydrogen-bond acceptors (Lipinski definition) is 16. The number of nitrogens with one attached hydrogen (secondary N) is 3. The minimum Gasteiger partial charge on any atom is -0.468 e. The number of nitrogens with two attached hydrogens (primary N) is 1. The number of hydrogen-bond donors (Lipinski definition) is 8. The normalized spacial score (nSPS) is 24.8. The molecule has 1 aliphatic carbocycles. The monoisotopic (exact) mass is 835 g/mol. The second-order valence-electron chi connectivity index (χ2n) is 17.3. The predicted octanol–water partition coefficient (Wildman–Crippen LogP) is 1.11. The average Bonchev–Trinajstić information content (AvgIpc) is 3.09. The highest BCUT2D eigenvalue weighted by Gasteiger charge is 2.50. The van der Waals surface area contributed by atoms with Crippen molar-refractivity contribution in [1.29, 1.82) is 0 Å². The maximum Gasteiger partial charge on any atom is 0.410 e. The van der Waals surface area contributed by atoms with Crippen molar-refractivity contribution in [2.75, 3.05) is 33.4 Å². The molecule has 0 spiro atoms. The van der Waals surface area contributed by atoms with Crippen LogP contribution in [0.25, 0.3) is 0 Å². The van der Waals surface area contributed by atoms with Gasteiger partial charge < -0.3 is 80.2 Å². The largest absolute Gasteiger partial charge is 0.468 e. The van der Waals surface area contributed by atoms with Crippen LogP contribution in [0.5, 0.6) is 0 Å². The van der Waals surface area contributed by atoms with Crippen LogP contribution in [0.4, 0.5) is 14.4 Å². The van der Waals surface area contributed by atoms with Gasteiger partial charge in [0.05, 0.1) is 37.9 Å². The SMILES string of the molecule is C[C@@H]([C@@H](O)[C@H](OCCO)O[C@@H]1[C@@H](O)[C@H](O[C@@H]2CCC=C(CN)O2)[C@@H](NC(=O)OC(C)(C)C)C[C@H]1NC(=O)[C@@H](O)CCNC(=O)OC(C)(C)C)N(C)C(=O)OC(C)(C)C. The number of aliphatic hydroxyl groups excluding tert-OH is 4. The summed E-state index contributed by atoms with van der Waals surface area (Å²) in [4.78, 5) is 52.9. The van der Waals surface area contributed by atoms with Crippen molar-refractivity contribution in [2.45, 2.75) is 173 Å². The lowest BCUT2D eigenvalue weighted by Gasteiger charge is -2.47. The van der Waals surface area contributed by atoms with Gasteiger partial charge in [-0.2, -0.15) is 0 Å². The summed E-state index contributed by atoms with van der Waals surface area (Å²) >= 11 is 0. The first-order chi connectivity index (χ1) is 26.7. The van der Waals surface area contributed by atoms with Crippen LogP contribution in [0.1, 0.15) is 94.9 Å². The zero-order valence-electron chi connectivity index (χ0n) is 35.8. The third-order valence-electron chi connectivity index (χ3n) is 8.69. The minimum atomic E-state index is -1.72. The van der Waals surface area contributed by atoms with Crippen molar-refractivity contribution in [3.63, 3.8) is 0 Å². The average molecular weight is 836 g/mol. The number of rotatable bonds is 17. The Bertz CT molecular complexity index is 1360. The standard InChI is InChI=1S/C38H69N5O15/c1-21(43(11)35(51)58-38(8,9)10)27(46)32(52-18-17-44)55-30-23(41-31(48)25(45)15-16-40-33(49)56-36(2,3)4)19-24(42-34(50)57-37(5,6)7)29(28(30)47)54-26-14-12-13-22(20-39)53-26/h13,21,23-30,32,44-47H,12,14-20,39H2,1-11H3,(H,40,49)(H,41,48)(H,42,50)/t21-,23+,24-,25-,26+,27+,28-,29+,30-,32+/m0/s1. The van der Waals surface area contributed by atoms with Crippen molar-refractivity contribution < 1.29 is 72.8 Å². The number of amides is 4. The molecule has 20 nitrogen and oxygen atoms in total. The van der Waals surface area contributed by atoms with E-state index in [1.54, 1.807) is 68.4 Å². The number of carbonyl (C=O) groups excluding carboxylic acids is 4. The Morgan fingerprint density at radius 3 is 2.09 bits per heavy atom. The molecular formula is C38H69N5O15. The Morgan fingerprint density at radius 2 is 1.52 bits per heavy atom. The summed E-state index contributed by atoms with van der Waals surface area (Å²) in [6.45, 7) is 15.7. The quantitative estimate of drug-likeness (QED) is 0.0753. The van der Waals surface area contributed by atoms with Gasteiger partial charge in [0, 0.05) is 20.0 Å². The number of ether oxygens (including phenoxy) is 7. The summed E-state index contributed by atoms with van der Waals surface area (Å²) in [7, 11) is 1.40. The summed E-state index contributed by atoms with van der Waals surface area (Å²) in [6, 6.07) is -3.33. The van der Waals surface area contributed by atoms with Gasteiger partial charge in [-0.05, 0) is 94.6 Å². The lowest BCUT2D eigenvalue weighted by atomic mass is 9.83. The van der Waals surface area contributed by atoms with Crippen molar-refractivity contribution in [2.24, 2.45) is 5.73 Å². The fraction of sp³-hybridized carbons (Fsp3) is 0.842. The highest BCUT2D eigenvalue weighted by molar-refractivity contribution is 5.81. The van der Waals surface area contributed by atoms with Crippen LogP contribution in [0.15, 0.2) is 11.8 Å². The van der Waals surface area contributed by atoms with E-state index >= 15 is 0 Å². The number of aliphatic hydroxyl groups is 4. The fourth-order valence-corrected chi connectivity index (χ4v) is 5.89. The van der Waals surface area contributed by atoms with Crippen LogP contribution >= 0.6 is 0 Å². The molecule has 2 rings (SSSR count). The Labute approximate surface area is 341 Å². The van der Waals surface area contributed by atoms with E-state index in [0.717, 1.165) is 4.90 Å². The van der Waals surface area contributed by atoms with Gasteiger partial charge in [-0.15, -0.1) is 0 Å². The first kappa shape index (κ1) is 50.6. The summed E-state index contributed by atoms with van der Waals surface area (Å²) in [6.07, 6.45) is -10.5. The van der Waals surface area contributed by atoms with Crippen molar-refractivity contribution in [3.8, 4) is 0 Å². The highest BCUT2D eigenvalue weighted by Crippen LogP contribution is 2.31. The number of likely N-dealkylation sites (N-methyl/N-ethyl adjacent to an activating group) is 1. The molecule has 4 amide bonds. The molecule has 1 heterocycles. The van der Waals surface area contributed by atoms with Gasteiger partial charge >= 0.3 is 18.3 Å². The first-order valence-corrected chi connectivity index (χ1v) is 19.6. The molecule has 2 aliphatic rings. The van der Waals surface area contributed by atoms with E-state index in [0.29, 0.717) is 18.6 Å². The minimum absolute atomic E-state index is 0.0832. The summed E-state index contributed by atoms with van der Waals surface area (Å²) < 4.78 is 40.3. The Morgan fingerprint density at radius 1 is 0.931 bits per heavy atom. The molecule has 0 unspecified atom stereocenters. The molecule has 1 fully saturated rings. The van der Waals surface area contributed by atoms with Crippen LogP contribution < -0.4 is 21.7 Å². The number of alkyl carbamates (subject to hydrolysis) is 2. The van der Waals surface area contributed by atoms with Gasteiger partial charge in [0.1, 0.15) is 53.1 Å². The molecule has 1 aliphatic heterocycles. The van der Waals surface area contributed by atoms with Crippen LogP contribution in [0.2, 0.25) is 0 Å². The molecule has 10 atom stereocenters. The summed E-state index contributed by atoms with van der Waals surface area (Å²) in [5, 5.41) is 52.1. The molecule has 20 heteroatoms. The number of nitrogens with zero attached hydrogens (tertiary/aromatic N) is 1.